The normalized spacial score (nSPS) is 11.3. The number of hydrogen-bond donors (Lipinski definition) is 2. The number of likely N-dealkylation sites (N-methyl/N-ethyl adjacent to an activating group) is 1. The topological polar surface area (TPSA) is 84.5 Å². The fourth-order valence-electron chi connectivity index (χ4n) is 1.19. The van der Waals surface area contributed by atoms with E-state index in [9.17, 15) is 13.2 Å². The summed E-state index contributed by atoms with van der Waals surface area (Å²) in [5, 5.41) is 2.44. The van der Waals surface area contributed by atoms with Crippen LogP contribution in [0.15, 0.2) is 28.7 Å². The van der Waals surface area contributed by atoms with Crippen molar-refractivity contribution in [2.24, 2.45) is 0 Å². The van der Waals surface area contributed by atoms with E-state index in [0.29, 0.717) is 6.54 Å². The van der Waals surface area contributed by atoms with Gasteiger partial charge in [-0.2, -0.15) is 13.1 Å². The van der Waals surface area contributed by atoms with Crippen molar-refractivity contribution < 1.29 is 17.4 Å². The molecular formula is C11H15BrN2O4S. The van der Waals surface area contributed by atoms with E-state index in [1.807, 2.05) is 0 Å². The Morgan fingerprint density at radius 2 is 1.95 bits per heavy atom. The van der Waals surface area contributed by atoms with Gasteiger partial charge < -0.3 is 5.32 Å². The molecule has 0 aliphatic heterocycles. The van der Waals surface area contributed by atoms with Crippen LogP contribution in [-0.4, -0.2) is 27.5 Å². The Labute approximate surface area is 120 Å². The molecule has 0 saturated heterocycles. The lowest BCUT2D eigenvalue weighted by molar-refractivity contribution is -0.122. The van der Waals surface area contributed by atoms with Crippen LogP contribution in [0.25, 0.3) is 0 Å². The van der Waals surface area contributed by atoms with E-state index in [-0.39, 0.29) is 6.54 Å². The summed E-state index contributed by atoms with van der Waals surface area (Å²) in [6, 6.07) is 7.16. The molecule has 0 aliphatic carbocycles. The highest BCUT2D eigenvalue weighted by atomic mass is 79.9. The summed E-state index contributed by atoms with van der Waals surface area (Å²) < 4.78 is 30.6. The molecule has 6 nitrogen and oxygen atoms in total. The number of amides is 1. The van der Waals surface area contributed by atoms with Crippen LogP contribution in [0.1, 0.15) is 12.5 Å². The molecule has 0 bridgehead atoms. The summed E-state index contributed by atoms with van der Waals surface area (Å²) in [5.41, 5.74) is 0.786. The first-order valence-electron chi connectivity index (χ1n) is 5.58. The molecule has 0 aromatic heterocycles. The van der Waals surface area contributed by atoms with E-state index < -0.39 is 22.8 Å². The Morgan fingerprint density at radius 3 is 2.53 bits per heavy atom. The predicted molar refractivity (Wildman–Crippen MR) is 74.5 cm³/mol. The van der Waals surface area contributed by atoms with Gasteiger partial charge in [-0.1, -0.05) is 28.1 Å². The quantitative estimate of drug-likeness (QED) is 0.766. The van der Waals surface area contributed by atoms with Crippen LogP contribution in [-0.2, 0) is 25.8 Å². The second-order valence-corrected chi connectivity index (χ2v) is 5.97. The number of rotatable bonds is 7. The smallest absolute Gasteiger partial charge is 0.336 e. The van der Waals surface area contributed by atoms with Crippen LogP contribution >= 0.6 is 15.9 Å². The summed E-state index contributed by atoms with van der Waals surface area (Å²) in [5.74, 6) is -0.475. The third-order valence-electron chi connectivity index (χ3n) is 2.09. The zero-order chi connectivity index (χ0) is 14.3. The van der Waals surface area contributed by atoms with Crippen molar-refractivity contribution >= 4 is 32.1 Å². The molecule has 1 aromatic carbocycles. The number of nitrogens with one attached hydrogen (secondary N) is 2. The fraction of sp³-hybridized carbons (Fsp3) is 0.364. The van der Waals surface area contributed by atoms with Crippen molar-refractivity contribution in [3.05, 3.63) is 34.3 Å². The highest BCUT2D eigenvalue weighted by Crippen LogP contribution is 2.10. The Balaban J connectivity index is 2.42. The van der Waals surface area contributed by atoms with Crippen molar-refractivity contribution in [2.45, 2.75) is 13.5 Å². The third-order valence-corrected chi connectivity index (χ3v) is 3.54. The lowest BCUT2D eigenvalue weighted by Gasteiger charge is -2.07. The second-order valence-electron chi connectivity index (χ2n) is 3.62. The monoisotopic (exact) mass is 350 g/mol. The van der Waals surface area contributed by atoms with Crippen molar-refractivity contribution in [2.75, 3.05) is 13.2 Å². The van der Waals surface area contributed by atoms with Crippen LogP contribution in [0, 0.1) is 0 Å². The molecule has 1 rings (SSSR count). The second kappa shape index (κ2) is 7.59. The molecule has 19 heavy (non-hydrogen) atoms. The maximum absolute atomic E-state index is 11.5. The van der Waals surface area contributed by atoms with Crippen LogP contribution in [0.4, 0.5) is 0 Å². The van der Waals surface area contributed by atoms with Gasteiger partial charge in [0.25, 0.3) is 0 Å². The first kappa shape index (κ1) is 16.1. The van der Waals surface area contributed by atoms with E-state index in [0.717, 1.165) is 10.0 Å². The minimum absolute atomic E-state index is 0.102. The number of halogens is 1. The molecule has 2 N–H and O–H groups in total. The zero-order valence-electron chi connectivity index (χ0n) is 10.3. The highest BCUT2D eigenvalue weighted by Gasteiger charge is 2.12. The summed E-state index contributed by atoms with van der Waals surface area (Å²) >= 11 is 3.28. The van der Waals surface area contributed by atoms with Gasteiger partial charge in [0.2, 0.25) is 5.91 Å². The maximum atomic E-state index is 11.5. The summed E-state index contributed by atoms with van der Waals surface area (Å²) in [6.07, 6.45) is 0. The molecule has 1 amide bonds. The summed E-state index contributed by atoms with van der Waals surface area (Å²) in [6.45, 7) is 1.74. The predicted octanol–water partition coefficient (Wildman–Crippen LogP) is 0.936. The lowest BCUT2D eigenvalue weighted by atomic mass is 10.2. The Kier molecular flexibility index (Phi) is 6.43. The van der Waals surface area contributed by atoms with Gasteiger partial charge in [0.15, 0.2) is 0 Å². The van der Waals surface area contributed by atoms with Gasteiger partial charge in [0, 0.05) is 17.6 Å². The van der Waals surface area contributed by atoms with E-state index >= 15 is 0 Å². The number of carbonyl (C=O) groups is 1. The number of hydrogen-bond acceptors (Lipinski definition) is 4. The fourth-order valence-corrected chi connectivity index (χ4v) is 2.15. The molecule has 0 atom stereocenters. The van der Waals surface area contributed by atoms with Gasteiger partial charge in [-0.05, 0) is 24.6 Å². The Morgan fingerprint density at radius 1 is 1.32 bits per heavy atom. The maximum Gasteiger partial charge on any atom is 0.336 e. The highest BCUT2D eigenvalue weighted by molar-refractivity contribution is 9.10. The molecule has 0 heterocycles. The van der Waals surface area contributed by atoms with Crippen LogP contribution in [0.5, 0.6) is 0 Å². The number of benzene rings is 1. The van der Waals surface area contributed by atoms with Crippen molar-refractivity contribution in [1.29, 1.82) is 0 Å². The van der Waals surface area contributed by atoms with Crippen LogP contribution in [0.3, 0.4) is 0 Å². The average molecular weight is 351 g/mol. The molecule has 106 valence electrons. The number of carbonyl (C=O) groups excluding carboxylic acids is 1. The molecule has 0 radical (unpaired) electrons. The molecular weight excluding hydrogens is 336 g/mol. The minimum Gasteiger partial charge on any atom is -0.354 e. The van der Waals surface area contributed by atoms with E-state index in [4.69, 9.17) is 0 Å². The average Bonchev–Trinajstić information content (AvgIpc) is 2.36. The minimum atomic E-state index is -3.93. The van der Waals surface area contributed by atoms with E-state index in [2.05, 4.69) is 30.2 Å². The summed E-state index contributed by atoms with van der Waals surface area (Å²) in [4.78, 5) is 11.1. The Hall–Kier alpha value is -0.960. The molecule has 0 spiro atoms. The van der Waals surface area contributed by atoms with Gasteiger partial charge in [-0.3, -0.25) is 4.79 Å². The zero-order valence-corrected chi connectivity index (χ0v) is 12.8. The van der Waals surface area contributed by atoms with Crippen molar-refractivity contribution in [1.82, 2.24) is 10.0 Å². The van der Waals surface area contributed by atoms with Gasteiger partial charge >= 0.3 is 10.3 Å². The Bertz CT molecular complexity index is 516. The molecule has 1 aromatic rings. The van der Waals surface area contributed by atoms with E-state index in [1.54, 1.807) is 31.2 Å². The molecule has 0 unspecified atom stereocenters. The standard InChI is InChI=1S/C11H15BrN2O4S/c1-2-13-11(15)8-18-19(16,17)14-7-9-3-5-10(12)6-4-9/h3-6,14H,2,7-8H2,1H3,(H,13,15). The van der Waals surface area contributed by atoms with Gasteiger partial charge in [-0.15, -0.1) is 0 Å². The van der Waals surface area contributed by atoms with Gasteiger partial charge in [0.1, 0.15) is 6.61 Å². The third kappa shape index (κ3) is 6.67. The van der Waals surface area contributed by atoms with E-state index in [1.165, 1.54) is 0 Å². The first-order chi connectivity index (χ1) is 8.93. The lowest BCUT2D eigenvalue weighted by Crippen LogP contribution is -2.32. The first-order valence-corrected chi connectivity index (χ1v) is 7.78. The molecule has 8 heteroatoms. The summed E-state index contributed by atoms with van der Waals surface area (Å²) in [7, 11) is -3.93. The molecule has 0 aliphatic rings. The van der Waals surface area contributed by atoms with Crippen molar-refractivity contribution in [3.8, 4) is 0 Å². The van der Waals surface area contributed by atoms with Gasteiger partial charge in [0.05, 0.1) is 0 Å². The molecule has 0 fully saturated rings. The molecule has 0 saturated carbocycles. The van der Waals surface area contributed by atoms with Crippen LogP contribution < -0.4 is 10.0 Å². The van der Waals surface area contributed by atoms with Crippen LogP contribution in [0.2, 0.25) is 0 Å². The largest absolute Gasteiger partial charge is 0.354 e. The van der Waals surface area contributed by atoms with Gasteiger partial charge in [-0.25, -0.2) is 4.18 Å². The SMILES string of the molecule is CCNC(=O)COS(=O)(=O)NCc1ccc(Br)cc1. The van der Waals surface area contributed by atoms with Crippen molar-refractivity contribution in [3.63, 3.8) is 0 Å².